The van der Waals surface area contributed by atoms with Gasteiger partial charge < -0.3 is 14.6 Å². The number of hydrogen-bond acceptors (Lipinski definition) is 6. The lowest BCUT2D eigenvalue weighted by atomic mass is 10.3. The van der Waals surface area contributed by atoms with Gasteiger partial charge in [-0.25, -0.2) is 8.42 Å². The molecular weight excluding hydrogens is 280 g/mol. The fourth-order valence-electron chi connectivity index (χ4n) is 1.64. The number of nitrogens with zero attached hydrogens (tertiary/aromatic N) is 1. The third kappa shape index (κ3) is 3.82. The Kier molecular flexibility index (Phi) is 4.41. The van der Waals surface area contributed by atoms with Crippen LogP contribution in [0.15, 0.2) is 39.8 Å². The molecule has 1 aromatic carbocycles. The minimum atomic E-state index is -3.24. The molecule has 0 spiro atoms. The second-order valence-electron chi connectivity index (χ2n) is 4.35. The predicted molar refractivity (Wildman–Crippen MR) is 73.2 cm³/mol. The molecule has 0 aliphatic rings. The maximum Gasteiger partial charge on any atom is 0.175 e. The molecule has 6 nitrogen and oxygen atoms in total. The summed E-state index contributed by atoms with van der Waals surface area (Å²) < 4.78 is 33.5. The zero-order valence-corrected chi connectivity index (χ0v) is 12.1. The average Bonchev–Trinajstić information content (AvgIpc) is 2.84. The molecule has 2 aromatic rings. The molecule has 0 radical (unpaired) electrons. The summed E-state index contributed by atoms with van der Waals surface area (Å²) >= 11 is 0. The first kappa shape index (κ1) is 14.5. The Morgan fingerprint density at radius 3 is 2.85 bits per heavy atom. The number of benzene rings is 1. The topological polar surface area (TPSA) is 81.4 Å². The molecule has 7 heteroatoms. The van der Waals surface area contributed by atoms with Gasteiger partial charge in [0.2, 0.25) is 0 Å². The number of sulfone groups is 1. The Morgan fingerprint density at radius 1 is 1.35 bits per heavy atom. The molecular formula is C13H16N2O4S. The van der Waals surface area contributed by atoms with Crippen LogP contribution in [0.3, 0.4) is 0 Å². The van der Waals surface area contributed by atoms with E-state index in [2.05, 4.69) is 10.5 Å². The summed E-state index contributed by atoms with van der Waals surface area (Å²) in [6, 6.07) is 8.14. The first-order valence-corrected chi connectivity index (χ1v) is 7.90. The molecule has 2 rings (SSSR count). The maximum absolute atomic E-state index is 11.4. The SMILES string of the molecule is CNCc1cc(COc2cccc(S(C)(=O)=O)c2)on1. The highest BCUT2D eigenvalue weighted by molar-refractivity contribution is 7.90. The summed E-state index contributed by atoms with van der Waals surface area (Å²) in [6.07, 6.45) is 1.16. The quantitative estimate of drug-likeness (QED) is 0.867. The Bertz CT molecular complexity index is 679. The zero-order valence-electron chi connectivity index (χ0n) is 11.3. The molecule has 20 heavy (non-hydrogen) atoms. The van der Waals surface area contributed by atoms with Crippen molar-refractivity contribution < 1.29 is 17.7 Å². The van der Waals surface area contributed by atoms with Gasteiger partial charge >= 0.3 is 0 Å². The van der Waals surface area contributed by atoms with Crippen molar-refractivity contribution in [1.82, 2.24) is 10.5 Å². The van der Waals surface area contributed by atoms with E-state index in [4.69, 9.17) is 9.26 Å². The first-order chi connectivity index (χ1) is 9.49. The van der Waals surface area contributed by atoms with E-state index >= 15 is 0 Å². The summed E-state index contributed by atoms with van der Waals surface area (Å²) in [4.78, 5) is 0.225. The van der Waals surface area contributed by atoms with E-state index in [0.29, 0.717) is 18.1 Å². The van der Waals surface area contributed by atoms with Crippen molar-refractivity contribution in [3.63, 3.8) is 0 Å². The van der Waals surface area contributed by atoms with E-state index in [0.717, 1.165) is 11.9 Å². The van der Waals surface area contributed by atoms with E-state index in [-0.39, 0.29) is 11.5 Å². The fraction of sp³-hybridized carbons (Fsp3) is 0.308. The van der Waals surface area contributed by atoms with Crippen molar-refractivity contribution >= 4 is 9.84 Å². The lowest BCUT2D eigenvalue weighted by molar-refractivity contribution is 0.248. The van der Waals surface area contributed by atoms with Gasteiger partial charge in [-0.3, -0.25) is 0 Å². The van der Waals surface area contributed by atoms with Crippen LogP contribution in [0.4, 0.5) is 0 Å². The molecule has 0 fully saturated rings. The molecule has 0 unspecified atom stereocenters. The normalized spacial score (nSPS) is 11.5. The highest BCUT2D eigenvalue weighted by Gasteiger charge is 2.09. The van der Waals surface area contributed by atoms with Gasteiger partial charge in [0, 0.05) is 18.9 Å². The van der Waals surface area contributed by atoms with E-state index in [1.54, 1.807) is 18.2 Å². The molecule has 1 N–H and O–H groups in total. The van der Waals surface area contributed by atoms with E-state index in [9.17, 15) is 8.42 Å². The minimum absolute atomic E-state index is 0.198. The van der Waals surface area contributed by atoms with Crippen LogP contribution >= 0.6 is 0 Å². The summed E-state index contributed by atoms with van der Waals surface area (Å²) in [5.74, 6) is 1.06. The number of ether oxygens (including phenoxy) is 1. The van der Waals surface area contributed by atoms with Gasteiger partial charge in [0.1, 0.15) is 12.4 Å². The molecule has 0 aliphatic heterocycles. The smallest absolute Gasteiger partial charge is 0.175 e. The Labute approximate surface area is 117 Å². The Morgan fingerprint density at radius 2 is 2.15 bits per heavy atom. The van der Waals surface area contributed by atoms with Gasteiger partial charge in [-0.1, -0.05) is 11.2 Å². The fourth-order valence-corrected chi connectivity index (χ4v) is 2.29. The largest absolute Gasteiger partial charge is 0.486 e. The van der Waals surface area contributed by atoms with E-state index < -0.39 is 9.84 Å². The molecule has 0 saturated heterocycles. The van der Waals surface area contributed by atoms with Crippen molar-refractivity contribution in [1.29, 1.82) is 0 Å². The zero-order chi connectivity index (χ0) is 14.6. The number of hydrogen-bond donors (Lipinski definition) is 1. The summed E-state index contributed by atoms with van der Waals surface area (Å²) in [5, 5.41) is 6.83. The third-order valence-electron chi connectivity index (χ3n) is 2.58. The van der Waals surface area contributed by atoms with E-state index in [1.165, 1.54) is 12.1 Å². The predicted octanol–water partition coefficient (Wildman–Crippen LogP) is 1.38. The van der Waals surface area contributed by atoms with Crippen LogP contribution in [0.1, 0.15) is 11.5 Å². The van der Waals surface area contributed by atoms with Crippen LogP contribution in [0, 0.1) is 0 Å². The number of aromatic nitrogens is 1. The maximum atomic E-state index is 11.4. The van der Waals surface area contributed by atoms with Crippen molar-refractivity contribution in [2.45, 2.75) is 18.0 Å². The standard InChI is InChI=1S/C13H16N2O4S/c1-14-8-10-6-12(19-15-10)9-18-11-4-3-5-13(7-11)20(2,16)17/h3-7,14H,8-9H2,1-2H3. The summed E-state index contributed by atoms with van der Waals surface area (Å²) in [7, 11) is -1.41. The van der Waals surface area contributed by atoms with Gasteiger partial charge in [-0.05, 0) is 25.2 Å². The molecule has 0 aliphatic carbocycles. The van der Waals surface area contributed by atoms with Crippen LogP contribution in [-0.4, -0.2) is 26.9 Å². The molecule has 1 heterocycles. The summed E-state index contributed by atoms with van der Waals surface area (Å²) in [6.45, 7) is 0.816. The van der Waals surface area contributed by atoms with Crippen molar-refractivity contribution in [3.8, 4) is 5.75 Å². The van der Waals surface area contributed by atoms with Crippen LogP contribution in [0.2, 0.25) is 0 Å². The van der Waals surface area contributed by atoms with Gasteiger partial charge in [0.15, 0.2) is 15.6 Å². The monoisotopic (exact) mass is 296 g/mol. The lowest BCUT2D eigenvalue weighted by Crippen LogP contribution is -2.04. The number of nitrogens with one attached hydrogen (secondary N) is 1. The van der Waals surface area contributed by atoms with Crippen molar-refractivity contribution in [2.24, 2.45) is 0 Å². The minimum Gasteiger partial charge on any atom is -0.486 e. The van der Waals surface area contributed by atoms with Gasteiger partial charge in [-0.2, -0.15) is 0 Å². The van der Waals surface area contributed by atoms with Gasteiger partial charge in [0.05, 0.1) is 10.6 Å². The lowest BCUT2D eigenvalue weighted by Gasteiger charge is -2.05. The second kappa shape index (κ2) is 6.06. The third-order valence-corrected chi connectivity index (χ3v) is 3.69. The van der Waals surface area contributed by atoms with Gasteiger partial charge in [-0.15, -0.1) is 0 Å². The van der Waals surface area contributed by atoms with Crippen LogP contribution in [-0.2, 0) is 23.0 Å². The van der Waals surface area contributed by atoms with Crippen LogP contribution in [0.5, 0.6) is 5.75 Å². The summed E-state index contributed by atoms with van der Waals surface area (Å²) in [5.41, 5.74) is 0.788. The Hall–Kier alpha value is -1.86. The molecule has 0 atom stereocenters. The first-order valence-electron chi connectivity index (χ1n) is 6.01. The van der Waals surface area contributed by atoms with Gasteiger partial charge in [0.25, 0.3) is 0 Å². The molecule has 0 amide bonds. The van der Waals surface area contributed by atoms with Crippen molar-refractivity contribution in [3.05, 3.63) is 41.8 Å². The molecule has 0 saturated carbocycles. The highest BCUT2D eigenvalue weighted by Crippen LogP contribution is 2.18. The highest BCUT2D eigenvalue weighted by atomic mass is 32.2. The second-order valence-corrected chi connectivity index (χ2v) is 6.37. The van der Waals surface area contributed by atoms with Crippen LogP contribution in [0.25, 0.3) is 0 Å². The Balaban J connectivity index is 2.03. The average molecular weight is 296 g/mol. The van der Waals surface area contributed by atoms with Crippen molar-refractivity contribution in [2.75, 3.05) is 13.3 Å². The molecule has 108 valence electrons. The van der Waals surface area contributed by atoms with E-state index in [1.807, 2.05) is 7.05 Å². The number of rotatable bonds is 6. The van der Waals surface area contributed by atoms with Crippen LogP contribution < -0.4 is 10.1 Å². The molecule has 0 bridgehead atoms. The molecule has 1 aromatic heterocycles.